The zero-order chi connectivity index (χ0) is 23.8. The van der Waals surface area contributed by atoms with Crippen LogP contribution in [0.4, 0.5) is 5.69 Å². The Morgan fingerprint density at radius 2 is 1.85 bits per heavy atom. The summed E-state index contributed by atoms with van der Waals surface area (Å²) in [7, 11) is -4.12. The Hall–Kier alpha value is -3.10. The number of allylic oxidation sites excluding steroid dienone is 2. The van der Waals surface area contributed by atoms with Crippen LogP contribution in [0.3, 0.4) is 0 Å². The molecule has 0 spiro atoms. The van der Waals surface area contributed by atoms with Gasteiger partial charge in [-0.3, -0.25) is 4.55 Å². The third-order valence-corrected chi connectivity index (χ3v) is 6.39. The van der Waals surface area contributed by atoms with E-state index in [0.717, 1.165) is 40.5 Å². The molecular formula is C25H29N2O5S+. The fourth-order valence-electron chi connectivity index (χ4n) is 3.96. The number of rotatable bonds is 7. The Morgan fingerprint density at radius 3 is 2.55 bits per heavy atom. The van der Waals surface area contributed by atoms with E-state index in [9.17, 15) is 13.0 Å². The summed E-state index contributed by atoms with van der Waals surface area (Å²) in [5, 5.41) is 0. The molecule has 2 aromatic carbocycles. The molecule has 1 N–H and O–H groups in total. The van der Waals surface area contributed by atoms with Crippen LogP contribution >= 0.6 is 0 Å². The summed E-state index contributed by atoms with van der Waals surface area (Å²) in [4.78, 5) is 2.13. The first-order valence-electron chi connectivity index (χ1n) is 11.0. The molecule has 0 atom stereocenters. The number of nitrogens with zero attached hydrogens (tertiary/aromatic N) is 2. The number of fused-ring (bicyclic) bond motifs is 2. The highest BCUT2D eigenvalue weighted by molar-refractivity contribution is 7.85. The molecule has 8 heteroatoms. The van der Waals surface area contributed by atoms with Crippen molar-refractivity contribution in [3.8, 4) is 5.75 Å². The molecule has 0 bridgehead atoms. The normalized spacial score (nSPS) is 15.4. The van der Waals surface area contributed by atoms with Gasteiger partial charge >= 0.3 is 5.89 Å². The first kappa shape index (κ1) is 23.1. The van der Waals surface area contributed by atoms with Crippen LogP contribution in [0.1, 0.15) is 37.3 Å². The van der Waals surface area contributed by atoms with Gasteiger partial charge in [0.2, 0.25) is 11.5 Å². The average Bonchev–Trinajstić information content (AvgIpc) is 3.27. The molecule has 1 aliphatic rings. The minimum absolute atomic E-state index is 0.0803. The van der Waals surface area contributed by atoms with E-state index >= 15 is 0 Å². The van der Waals surface area contributed by atoms with Gasteiger partial charge in [0.25, 0.3) is 15.6 Å². The molecule has 0 amide bonds. The van der Waals surface area contributed by atoms with E-state index in [0.29, 0.717) is 17.9 Å². The van der Waals surface area contributed by atoms with Crippen molar-refractivity contribution in [1.82, 2.24) is 0 Å². The van der Waals surface area contributed by atoms with E-state index in [1.807, 2.05) is 56.3 Å². The number of hydrogen-bond donors (Lipinski definition) is 1. The molecule has 3 aromatic rings. The van der Waals surface area contributed by atoms with Crippen LogP contribution in [-0.2, 0) is 16.7 Å². The molecule has 7 nitrogen and oxygen atoms in total. The molecule has 2 heterocycles. The van der Waals surface area contributed by atoms with Gasteiger partial charge in [-0.1, -0.05) is 19.1 Å². The number of hydrogen-bond acceptors (Lipinski definition) is 5. The molecule has 0 fully saturated rings. The van der Waals surface area contributed by atoms with Gasteiger partial charge in [-0.25, -0.2) is 0 Å². The average molecular weight is 470 g/mol. The Kier molecular flexibility index (Phi) is 6.32. The molecule has 0 radical (unpaired) electrons. The molecule has 0 unspecified atom stereocenters. The van der Waals surface area contributed by atoms with Crippen molar-refractivity contribution >= 4 is 33.0 Å². The first-order chi connectivity index (χ1) is 15.7. The van der Waals surface area contributed by atoms with Crippen LogP contribution in [0.2, 0.25) is 0 Å². The Morgan fingerprint density at radius 1 is 1.12 bits per heavy atom. The number of ether oxygens (including phenoxy) is 1. The zero-order valence-electron chi connectivity index (χ0n) is 19.3. The van der Waals surface area contributed by atoms with Crippen molar-refractivity contribution in [2.24, 2.45) is 0 Å². The third kappa shape index (κ3) is 4.96. The molecular weight excluding hydrogens is 440 g/mol. The van der Waals surface area contributed by atoms with E-state index in [-0.39, 0.29) is 6.54 Å². The lowest BCUT2D eigenvalue weighted by atomic mass is 10.1. The van der Waals surface area contributed by atoms with Gasteiger partial charge in [0.05, 0.1) is 11.8 Å². The number of anilines is 1. The van der Waals surface area contributed by atoms with Gasteiger partial charge in [0, 0.05) is 18.7 Å². The van der Waals surface area contributed by atoms with Crippen molar-refractivity contribution in [3.63, 3.8) is 0 Å². The molecule has 33 heavy (non-hydrogen) atoms. The van der Waals surface area contributed by atoms with E-state index < -0.39 is 15.9 Å². The smallest absolute Gasteiger partial charge is 0.374 e. The van der Waals surface area contributed by atoms with Crippen LogP contribution in [0.5, 0.6) is 5.75 Å². The minimum atomic E-state index is -4.12. The first-order valence-corrected chi connectivity index (χ1v) is 12.7. The SMILES string of the molecule is CCC(=Cc1oc2ccc(C)cc2[n+]1CCS(=O)(=O)O)C=C1Oc2ccc(C)cc2N1CC. The number of aromatic nitrogens is 1. The predicted molar refractivity (Wildman–Crippen MR) is 129 cm³/mol. The third-order valence-electron chi connectivity index (χ3n) is 5.69. The summed E-state index contributed by atoms with van der Waals surface area (Å²) in [5.41, 5.74) is 5.64. The summed E-state index contributed by atoms with van der Waals surface area (Å²) in [6.07, 6.45) is 4.61. The maximum atomic E-state index is 11.4. The summed E-state index contributed by atoms with van der Waals surface area (Å²) >= 11 is 0. The summed E-state index contributed by atoms with van der Waals surface area (Å²) in [5.74, 6) is 1.68. The van der Waals surface area contributed by atoms with E-state index in [1.165, 1.54) is 5.56 Å². The zero-order valence-corrected chi connectivity index (χ0v) is 20.1. The quantitative estimate of drug-likeness (QED) is 0.396. The minimum Gasteiger partial charge on any atom is -0.439 e. The molecule has 1 aliphatic heterocycles. The lowest BCUT2D eigenvalue weighted by Crippen LogP contribution is -2.38. The Balaban J connectivity index is 1.76. The molecule has 0 saturated heterocycles. The maximum Gasteiger partial charge on any atom is 0.374 e. The second kappa shape index (κ2) is 9.03. The van der Waals surface area contributed by atoms with Crippen LogP contribution in [0.25, 0.3) is 17.2 Å². The summed E-state index contributed by atoms with van der Waals surface area (Å²) < 4.78 is 46.1. The second-order valence-corrected chi connectivity index (χ2v) is 9.79. The van der Waals surface area contributed by atoms with Gasteiger partial charge in [0.15, 0.2) is 12.3 Å². The van der Waals surface area contributed by atoms with Crippen molar-refractivity contribution in [1.29, 1.82) is 0 Å². The fourth-order valence-corrected chi connectivity index (χ4v) is 4.38. The standard InChI is InChI=1S/C25H28N2O5S/c1-5-19(15-24-26(6-2)20-13-17(3)7-9-22(20)31-24)16-25-27(11-12-33(28,29)30)21-14-18(4)8-10-23(21)32-25/h7-10,13-16H,5-6,11-12H2,1-4H3/p+1. The van der Waals surface area contributed by atoms with Crippen molar-refractivity contribution in [2.45, 2.75) is 40.7 Å². The van der Waals surface area contributed by atoms with E-state index in [1.54, 1.807) is 4.57 Å². The monoisotopic (exact) mass is 469 g/mol. The summed E-state index contributed by atoms with van der Waals surface area (Å²) in [6, 6.07) is 11.9. The van der Waals surface area contributed by atoms with Crippen LogP contribution < -0.4 is 14.2 Å². The molecule has 0 aliphatic carbocycles. The van der Waals surface area contributed by atoms with Gasteiger partial charge in [0.1, 0.15) is 5.75 Å². The second-order valence-electron chi connectivity index (χ2n) is 8.22. The van der Waals surface area contributed by atoms with Crippen LogP contribution in [0, 0.1) is 13.8 Å². The molecule has 1 aromatic heterocycles. The van der Waals surface area contributed by atoms with Gasteiger partial charge < -0.3 is 14.1 Å². The van der Waals surface area contributed by atoms with Gasteiger partial charge in [-0.2, -0.15) is 13.0 Å². The van der Waals surface area contributed by atoms with Gasteiger partial charge in [-0.05, 0) is 62.1 Å². The number of benzene rings is 2. The number of oxazole rings is 1. The lowest BCUT2D eigenvalue weighted by molar-refractivity contribution is -0.673. The van der Waals surface area contributed by atoms with Crippen LogP contribution in [0.15, 0.2) is 58.3 Å². The maximum absolute atomic E-state index is 11.4. The van der Waals surface area contributed by atoms with Crippen molar-refractivity contribution < 1.29 is 26.7 Å². The topological polar surface area (TPSA) is 83.9 Å². The Labute approximate surface area is 194 Å². The van der Waals surface area contributed by atoms with E-state index in [2.05, 4.69) is 24.8 Å². The highest BCUT2D eigenvalue weighted by Crippen LogP contribution is 2.39. The highest BCUT2D eigenvalue weighted by atomic mass is 32.2. The van der Waals surface area contributed by atoms with Gasteiger partial charge in [-0.15, -0.1) is 0 Å². The Bertz CT molecular complexity index is 1370. The largest absolute Gasteiger partial charge is 0.439 e. The predicted octanol–water partition coefficient (Wildman–Crippen LogP) is 4.78. The van der Waals surface area contributed by atoms with E-state index in [4.69, 9.17) is 9.15 Å². The van der Waals surface area contributed by atoms with Crippen LogP contribution in [-0.4, -0.2) is 25.3 Å². The van der Waals surface area contributed by atoms with Crippen molar-refractivity contribution in [3.05, 3.63) is 70.9 Å². The molecule has 4 rings (SSSR count). The summed E-state index contributed by atoms with van der Waals surface area (Å²) in [6.45, 7) is 8.99. The molecule has 174 valence electrons. The highest BCUT2D eigenvalue weighted by Gasteiger charge is 2.26. The molecule has 0 saturated carbocycles. The van der Waals surface area contributed by atoms with Crippen molar-refractivity contribution in [2.75, 3.05) is 17.2 Å². The lowest BCUT2D eigenvalue weighted by Gasteiger charge is -2.16. The fraction of sp³-hybridized carbons (Fsp3) is 0.320. The number of aryl methyl sites for hydroxylation is 3.